The SMILES string of the molecule is O=C(c1cccc([N+](=O)[O-])c1)N(Cc1ccc(Cl)c(Cl)c1)N1C(=O)[C@H]2CC=CC[C@@H]2C1=O. The van der Waals surface area contributed by atoms with Crippen molar-refractivity contribution in [3.63, 3.8) is 0 Å². The average molecular weight is 474 g/mol. The number of nitro benzene ring substituents is 1. The molecule has 32 heavy (non-hydrogen) atoms. The Morgan fingerprint density at radius 2 is 1.69 bits per heavy atom. The van der Waals surface area contributed by atoms with Crippen LogP contribution in [0.15, 0.2) is 54.6 Å². The highest BCUT2D eigenvalue weighted by Crippen LogP contribution is 2.37. The van der Waals surface area contributed by atoms with Gasteiger partial charge in [0.1, 0.15) is 0 Å². The van der Waals surface area contributed by atoms with Crippen LogP contribution in [0.1, 0.15) is 28.8 Å². The minimum Gasteiger partial charge on any atom is -0.272 e. The Hall–Kier alpha value is -3.23. The molecule has 1 heterocycles. The van der Waals surface area contributed by atoms with Crippen molar-refractivity contribution < 1.29 is 19.3 Å². The first-order valence-corrected chi connectivity index (χ1v) is 10.6. The van der Waals surface area contributed by atoms with Crippen LogP contribution in [0.3, 0.4) is 0 Å². The van der Waals surface area contributed by atoms with Crippen LogP contribution in [-0.2, 0) is 16.1 Å². The minimum atomic E-state index is -0.715. The lowest BCUT2D eigenvalue weighted by atomic mass is 9.85. The van der Waals surface area contributed by atoms with E-state index in [1.165, 1.54) is 24.3 Å². The lowest BCUT2D eigenvalue weighted by molar-refractivity contribution is -0.384. The van der Waals surface area contributed by atoms with Crippen molar-refractivity contribution in [3.8, 4) is 0 Å². The second-order valence-corrected chi connectivity index (χ2v) is 8.38. The molecule has 0 aromatic heterocycles. The van der Waals surface area contributed by atoms with Crippen molar-refractivity contribution in [2.45, 2.75) is 19.4 Å². The number of nitro groups is 1. The van der Waals surface area contributed by atoms with Gasteiger partial charge in [-0.05, 0) is 36.6 Å². The number of carbonyl (C=O) groups is 3. The van der Waals surface area contributed by atoms with Crippen LogP contribution in [0.25, 0.3) is 0 Å². The maximum Gasteiger partial charge on any atom is 0.273 e. The highest BCUT2D eigenvalue weighted by Gasteiger charge is 2.50. The number of nitrogens with zero attached hydrogens (tertiary/aromatic N) is 3. The Bertz CT molecular complexity index is 1140. The summed E-state index contributed by atoms with van der Waals surface area (Å²) in [5, 5.41) is 13.6. The van der Waals surface area contributed by atoms with Crippen LogP contribution in [0, 0.1) is 22.0 Å². The Balaban J connectivity index is 1.74. The summed E-state index contributed by atoms with van der Waals surface area (Å²) in [6.45, 7) is -0.150. The van der Waals surface area contributed by atoms with Crippen molar-refractivity contribution in [2.75, 3.05) is 0 Å². The first-order valence-electron chi connectivity index (χ1n) is 9.81. The van der Waals surface area contributed by atoms with E-state index >= 15 is 0 Å². The van der Waals surface area contributed by atoms with Crippen LogP contribution in [0.4, 0.5) is 5.69 Å². The minimum absolute atomic E-state index is 0.0205. The van der Waals surface area contributed by atoms with Gasteiger partial charge in [-0.25, -0.2) is 5.01 Å². The van der Waals surface area contributed by atoms with Crippen molar-refractivity contribution in [1.82, 2.24) is 10.0 Å². The molecule has 3 amide bonds. The number of benzene rings is 2. The Morgan fingerprint density at radius 3 is 2.28 bits per heavy atom. The van der Waals surface area contributed by atoms with Crippen molar-refractivity contribution in [1.29, 1.82) is 0 Å². The molecule has 0 unspecified atom stereocenters. The molecule has 2 aromatic carbocycles. The number of fused-ring (bicyclic) bond motifs is 1. The van der Waals surface area contributed by atoms with Crippen molar-refractivity contribution >= 4 is 46.6 Å². The molecule has 8 nitrogen and oxygen atoms in total. The van der Waals surface area contributed by atoms with Gasteiger partial charge in [0.2, 0.25) is 0 Å². The second kappa shape index (κ2) is 8.72. The highest BCUT2D eigenvalue weighted by atomic mass is 35.5. The van der Waals surface area contributed by atoms with E-state index in [-0.39, 0.29) is 22.8 Å². The number of rotatable bonds is 5. The molecule has 2 atom stereocenters. The Labute approximate surface area is 193 Å². The topological polar surface area (TPSA) is 101 Å². The molecule has 0 saturated carbocycles. The Morgan fingerprint density at radius 1 is 1.03 bits per heavy atom. The molecule has 1 aliphatic heterocycles. The molecule has 4 rings (SSSR count). The molecule has 1 fully saturated rings. The van der Waals surface area contributed by atoms with E-state index in [4.69, 9.17) is 23.2 Å². The molecular weight excluding hydrogens is 457 g/mol. The number of allylic oxidation sites excluding steroid dienone is 2. The van der Waals surface area contributed by atoms with E-state index in [1.54, 1.807) is 12.1 Å². The molecule has 2 aliphatic rings. The van der Waals surface area contributed by atoms with Gasteiger partial charge in [-0.2, -0.15) is 5.01 Å². The summed E-state index contributed by atoms with van der Waals surface area (Å²) in [5.41, 5.74) is 0.238. The van der Waals surface area contributed by atoms with Crippen molar-refractivity contribution in [2.24, 2.45) is 11.8 Å². The van der Waals surface area contributed by atoms with Gasteiger partial charge < -0.3 is 0 Å². The zero-order valence-corrected chi connectivity index (χ0v) is 18.1. The normalized spacial score (nSPS) is 19.8. The van der Waals surface area contributed by atoms with Gasteiger partial charge in [-0.15, -0.1) is 0 Å². The number of imide groups is 1. The van der Waals surface area contributed by atoms with E-state index in [2.05, 4.69) is 0 Å². The summed E-state index contributed by atoms with van der Waals surface area (Å²) in [6.07, 6.45) is 4.53. The summed E-state index contributed by atoms with van der Waals surface area (Å²) in [6, 6.07) is 9.86. The molecule has 0 spiro atoms. The molecule has 2 aromatic rings. The van der Waals surface area contributed by atoms with Crippen LogP contribution in [0.5, 0.6) is 0 Å². The predicted octanol–water partition coefficient (Wildman–Crippen LogP) is 4.41. The van der Waals surface area contributed by atoms with Crippen LogP contribution in [-0.4, -0.2) is 32.7 Å². The highest BCUT2D eigenvalue weighted by molar-refractivity contribution is 6.42. The van der Waals surface area contributed by atoms with Gasteiger partial charge in [-0.1, -0.05) is 47.5 Å². The van der Waals surface area contributed by atoms with E-state index < -0.39 is 34.5 Å². The fraction of sp³-hybridized carbons (Fsp3) is 0.227. The number of halogens is 2. The Kier molecular flexibility index (Phi) is 5.99. The van der Waals surface area contributed by atoms with Crippen LogP contribution < -0.4 is 0 Å². The van der Waals surface area contributed by atoms with Crippen LogP contribution >= 0.6 is 23.2 Å². The maximum atomic E-state index is 13.4. The average Bonchev–Trinajstić information content (AvgIpc) is 3.04. The third-order valence-electron chi connectivity index (χ3n) is 5.58. The molecule has 1 saturated heterocycles. The molecule has 0 bridgehead atoms. The third-order valence-corrected chi connectivity index (χ3v) is 6.32. The number of hydrogen-bond donors (Lipinski definition) is 0. The van der Waals surface area contributed by atoms with Gasteiger partial charge >= 0.3 is 0 Å². The molecule has 0 N–H and O–H groups in total. The van der Waals surface area contributed by atoms with Gasteiger partial charge in [0.25, 0.3) is 23.4 Å². The fourth-order valence-electron chi connectivity index (χ4n) is 3.97. The summed E-state index contributed by atoms with van der Waals surface area (Å²) >= 11 is 12.1. The summed E-state index contributed by atoms with van der Waals surface area (Å²) in [7, 11) is 0. The number of carbonyl (C=O) groups excluding carboxylic acids is 3. The van der Waals surface area contributed by atoms with Crippen molar-refractivity contribution in [3.05, 3.63) is 85.9 Å². The number of amides is 3. The molecule has 1 aliphatic carbocycles. The molecule has 0 radical (unpaired) electrons. The lowest BCUT2D eigenvalue weighted by Crippen LogP contribution is -2.49. The monoisotopic (exact) mass is 473 g/mol. The number of hydrazine groups is 1. The van der Waals surface area contributed by atoms with Crippen LogP contribution in [0.2, 0.25) is 10.0 Å². The molecule has 10 heteroatoms. The second-order valence-electron chi connectivity index (χ2n) is 7.56. The fourth-order valence-corrected chi connectivity index (χ4v) is 4.29. The number of hydrogen-bond acceptors (Lipinski definition) is 5. The zero-order chi connectivity index (χ0) is 23.0. The smallest absolute Gasteiger partial charge is 0.272 e. The third kappa shape index (κ3) is 3.99. The van der Waals surface area contributed by atoms with E-state index in [0.717, 1.165) is 16.1 Å². The maximum absolute atomic E-state index is 13.4. The zero-order valence-electron chi connectivity index (χ0n) is 16.6. The standard InChI is InChI=1S/C22H17Cl2N3O5/c23-18-9-8-13(10-19(18)24)12-25(20(28)14-4-3-5-15(11-14)27(31)32)26-21(29)16-6-1-2-7-17(16)22(26)30/h1-5,8-11,16-17H,6-7,12H2/t16-,17-/m0/s1. The largest absolute Gasteiger partial charge is 0.273 e. The van der Waals surface area contributed by atoms with E-state index in [9.17, 15) is 24.5 Å². The molecular formula is C22H17Cl2N3O5. The van der Waals surface area contributed by atoms with Gasteiger partial charge in [0.05, 0.1) is 33.3 Å². The molecule has 164 valence electrons. The van der Waals surface area contributed by atoms with Gasteiger partial charge in [0.15, 0.2) is 0 Å². The first-order chi connectivity index (χ1) is 15.3. The van der Waals surface area contributed by atoms with E-state index in [1.807, 2.05) is 12.2 Å². The predicted molar refractivity (Wildman–Crippen MR) is 117 cm³/mol. The van der Waals surface area contributed by atoms with E-state index in [0.29, 0.717) is 23.4 Å². The lowest BCUT2D eigenvalue weighted by Gasteiger charge is -2.30. The first kappa shape index (κ1) is 22.0. The van der Waals surface area contributed by atoms with Gasteiger partial charge in [-0.3, -0.25) is 24.5 Å². The summed E-state index contributed by atoms with van der Waals surface area (Å²) < 4.78 is 0. The quantitative estimate of drug-likeness (QED) is 0.277. The number of non-ortho nitro benzene ring substituents is 1. The summed E-state index contributed by atoms with van der Waals surface area (Å²) in [4.78, 5) is 50.3. The van der Waals surface area contributed by atoms with Gasteiger partial charge in [0, 0.05) is 17.7 Å². The summed E-state index contributed by atoms with van der Waals surface area (Å²) in [5.74, 6) is -2.73.